The van der Waals surface area contributed by atoms with Gasteiger partial charge in [-0.1, -0.05) is 47.6 Å². The van der Waals surface area contributed by atoms with Gasteiger partial charge in [-0.25, -0.2) is 4.99 Å². The van der Waals surface area contributed by atoms with Crippen LogP contribution in [-0.4, -0.2) is 35.4 Å². The monoisotopic (exact) mass is 422 g/mol. The SMILES string of the molecule is CCNC(=NCc1cc(-c2ccccc2)on1)NCC(O)c1ccc(OC(C)C)cc1. The summed E-state index contributed by atoms with van der Waals surface area (Å²) in [6.45, 7) is 7.35. The van der Waals surface area contributed by atoms with Crippen molar-refractivity contribution in [3.63, 3.8) is 0 Å². The third-order valence-corrected chi connectivity index (χ3v) is 4.46. The number of benzene rings is 2. The van der Waals surface area contributed by atoms with Crippen molar-refractivity contribution in [1.29, 1.82) is 0 Å². The van der Waals surface area contributed by atoms with E-state index in [-0.39, 0.29) is 6.10 Å². The molecule has 0 spiro atoms. The number of nitrogens with one attached hydrogen (secondary N) is 2. The highest BCUT2D eigenvalue weighted by atomic mass is 16.5. The Kier molecular flexibility index (Phi) is 8.06. The highest BCUT2D eigenvalue weighted by molar-refractivity contribution is 5.79. The molecule has 0 aliphatic heterocycles. The molecular formula is C24H30N4O3. The van der Waals surface area contributed by atoms with Crippen LogP contribution in [0.2, 0.25) is 0 Å². The van der Waals surface area contributed by atoms with E-state index < -0.39 is 6.10 Å². The molecule has 1 unspecified atom stereocenters. The van der Waals surface area contributed by atoms with Crippen LogP contribution in [0.5, 0.6) is 5.75 Å². The van der Waals surface area contributed by atoms with Gasteiger partial charge in [-0.2, -0.15) is 0 Å². The van der Waals surface area contributed by atoms with Gasteiger partial charge < -0.3 is 25.0 Å². The smallest absolute Gasteiger partial charge is 0.191 e. The van der Waals surface area contributed by atoms with Gasteiger partial charge in [0, 0.05) is 24.7 Å². The average Bonchev–Trinajstić information content (AvgIpc) is 3.25. The van der Waals surface area contributed by atoms with E-state index in [0.717, 1.165) is 22.6 Å². The second-order valence-corrected chi connectivity index (χ2v) is 7.38. The van der Waals surface area contributed by atoms with Crippen molar-refractivity contribution in [3.05, 3.63) is 71.9 Å². The maximum Gasteiger partial charge on any atom is 0.191 e. The first-order valence-electron chi connectivity index (χ1n) is 10.5. The van der Waals surface area contributed by atoms with Crippen molar-refractivity contribution in [3.8, 4) is 17.1 Å². The van der Waals surface area contributed by atoms with E-state index in [4.69, 9.17) is 9.26 Å². The van der Waals surface area contributed by atoms with Crippen LogP contribution in [0.1, 0.15) is 38.1 Å². The largest absolute Gasteiger partial charge is 0.491 e. The number of aliphatic hydroxyl groups is 1. The molecule has 1 heterocycles. The van der Waals surface area contributed by atoms with Crippen LogP contribution in [0.25, 0.3) is 11.3 Å². The minimum atomic E-state index is -0.673. The number of aliphatic imine (C=N–C) groups is 1. The molecule has 3 aromatic rings. The van der Waals surface area contributed by atoms with E-state index in [2.05, 4.69) is 20.8 Å². The highest BCUT2D eigenvalue weighted by Gasteiger charge is 2.10. The zero-order valence-electron chi connectivity index (χ0n) is 18.2. The number of nitrogens with zero attached hydrogens (tertiary/aromatic N) is 2. The van der Waals surface area contributed by atoms with Gasteiger partial charge in [-0.3, -0.25) is 0 Å². The number of rotatable bonds is 9. The molecule has 2 aromatic carbocycles. The number of ether oxygens (including phenoxy) is 1. The summed E-state index contributed by atoms with van der Waals surface area (Å²) >= 11 is 0. The number of aliphatic hydroxyl groups excluding tert-OH is 1. The van der Waals surface area contributed by atoms with Crippen molar-refractivity contribution < 1.29 is 14.4 Å². The predicted octanol–water partition coefficient (Wildman–Crippen LogP) is 3.92. The first kappa shape index (κ1) is 22.4. The van der Waals surface area contributed by atoms with Crippen LogP contribution in [0.15, 0.2) is 70.2 Å². The maximum absolute atomic E-state index is 10.5. The van der Waals surface area contributed by atoms with Crippen molar-refractivity contribution in [2.45, 2.75) is 39.5 Å². The first-order valence-corrected chi connectivity index (χ1v) is 10.5. The van der Waals surface area contributed by atoms with Crippen LogP contribution in [0, 0.1) is 0 Å². The lowest BCUT2D eigenvalue weighted by molar-refractivity contribution is 0.180. The lowest BCUT2D eigenvalue weighted by Gasteiger charge is -2.16. The first-order chi connectivity index (χ1) is 15.0. The molecule has 31 heavy (non-hydrogen) atoms. The van der Waals surface area contributed by atoms with Crippen LogP contribution in [0.4, 0.5) is 0 Å². The van der Waals surface area contributed by atoms with Gasteiger partial charge >= 0.3 is 0 Å². The van der Waals surface area contributed by atoms with E-state index >= 15 is 0 Å². The Bertz CT molecular complexity index is 952. The normalized spacial score (nSPS) is 12.6. The zero-order chi connectivity index (χ0) is 22.1. The molecule has 0 aliphatic rings. The average molecular weight is 423 g/mol. The fourth-order valence-corrected chi connectivity index (χ4v) is 2.98. The molecule has 1 aromatic heterocycles. The lowest BCUT2D eigenvalue weighted by atomic mass is 10.1. The molecule has 3 N–H and O–H groups in total. The summed E-state index contributed by atoms with van der Waals surface area (Å²) < 4.78 is 11.1. The number of guanidine groups is 1. The van der Waals surface area contributed by atoms with Crippen molar-refractivity contribution >= 4 is 5.96 Å². The summed E-state index contributed by atoms with van der Waals surface area (Å²) in [6.07, 6.45) is -0.557. The quantitative estimate of drug-likeness (QED) is 0.358. The summed E-state index contributed by atoms with van der Waals surface area (Å²) in [5.74, 6) is 2.10. The fourth-order valence-electron chi connectivity index (χ4n) is 2.98. The second kappa shape index (κ2) is 11.2. The molecule has 164 valence electrons. The molecule has 7 heteroatoms. The van der Waals surface area contributed by atoms with Crippen LogP contribution < -0.4 is 15.4 Å². The molecule has 0 saturated heterocycles. The topological polar surface area (TPSA) is 91.9 Å². The fraction of sp³-hybridized carbons (Fsp3) is 0.333. The third-order valence-electron chi connectivity index (χ3n) is 4.46. The predicted molar refractivity (Wildman–Crippen MR) is 122 cm³/mol. The van der Waals surface area contributed by atoms with Gasteiger partial charge in [0.15, 0.2) is 11.7 Å². The Morgan fingerprint density at radius 1 is 1.10 bits per heavy atom. The zero-order valence-corrected chi connectivity index (χ0v) is 18.2. The molecule has 0 radical (unpaired) electrons. The van der Waals surface area contributed by atoms with Gasteiger partial charge in [0.2, 0.25) is 0 Å². The van der Waals surface area contributed by atoms with Crippen molar-refractivity contribution in [2.24, 2.45) is 4.99 Å². The summed E-state index contributed by atoms with van der Waals surface area (Å²) in [4.78, 5) is 4.54. The van der Waals surface area contributed by atoms with E-state index in [9.17, 15) is 5.11 Å². The Hall–Kier alpha value is -3.32. The Balaban J connectivity index is 1.56. The van der Waals surface area contributed by atoms with Crippen molar-refractivity contribution in [2.75, 3.05) is 13.1 Å². The second-order valence-electron chi connectivity index (χ2n) is 7.38. The highest BCUT2D eigenvalue weighted by Crippen LogP contribution is 2.20. The Labute approximate surface area is 183 Å². The summed E-state index contributed by atoms with van der Waals surface area (Å²) in [5.41, 5.74) is 2.52. The standard InChI is InChI=1S/C24H30N4O3/c1-4-25-24(26-15-20-14-23(31-28-20)19-8-6-5-7-9-19)27-16-22(29)18-10-12-21(13-11-18)30-17(2)3/h5-14,17,22,29H,4,15-16H2,1-3H3,(H2,25,26,27). The summed E-state index contributed by atoms with van der Waals surface area (Å²) in [6, 6.07) is 19.2. The van der Waals surface area contributed by atoms with Gasteiger partial charge in [-0.15, -0.1) is 0 Å². The van der Waals surface area contributed by atoms with Gasteiger partial charge in [0.1, 0.15) is 11.4 Å². The van der Waals surface area contributed by atoms with Gasteiger partial charge in [-0.05, 0) is 38.5 Å². The molecule has 7 nitrogen and oxygen atoms in total. The molecule has 3 rings (SSSR count). The molecule has 1 atom stereocenters. The molecule has 0 bridgehead atoms. The molecule has 0 amide bonds. The van der Waals surface area contributed by atoms with E-state index in [0.29, 0.717) is 31.4 Å². The summed E-state index contributed by atoms with van der Waals surface area (Å²) in [7, 11) is 0. The number of hydrogen-bond donors (Lipinski definition) is 3. The van der Waals surface area contributed by atoms with E-state index in [1.165, 1.54) is 0 Å². The maximum atomic E-state index is 10.5. The number of aromatic nitrogens is 1. The Morgan fingerprint density at radius 3 is 2.52 bits per heavy atom. The number of hydrogen-bond acceptors (Lipinski definition) is 5. The Morgan fingerprint density at radius 2 is 1.84 bits per heavy atom. The summed E-state index contributed by atoms with van der Waals surface area (Å²) in [5, 5.41) is 21.0. The lowest BCUT2D eigenvalue weighted by Crippen LogP contribution is -2.39. The van der Waals surface area contributed by atoms with Crippen molar-refractivity contribution in [1.82, 2.24) is 15.8 Å². The molecule has 0 saturated carbocycles. The minimum Gasteiger partial charge on any atom is -0.491 e. The molecular weight excluding hydrogens is 392 g/mol. The van der Waals surface area contributed by atoms with Crippen LogP contribution in [-0.2, 0) is 6.54 Å². The van der Waals surface area contributed by atoms with Crippen LogP contribution in [0.3, 0.4) is 0 Å². The van der Waals surface area contributed by atoms with Crippen LogP contribution >= 0.6 is 0 Å². The van der Waals surface area contributed by atoms with E-state index in [1.807, 2.05) is 81.4 Å². The van der Waals surface area contributed by atoms with Gasteiger partial charge in [0.25, 0.3) is 0 Å². The third kappa shape index (κ3) is 6.86. The van der Waals surface area contributed by atoms with E-state index in [1.54, 1.807) is 0 Å². The molecule has 0 fully saturated rings. The minimum absolute atomic E-state index is 0.116. The molecule has 0 aliphatic carbocycles. The van der Waals surface area contributed by atoms with Gasteiger partial charge in [0.05, 0.1) is 18.8 Å².